The number of hydrogen-bond acceptors (Lipinski definition) is 2. The molecule has 0 saturated carbocycles. The monoisotopic (exact) mass is 76.0 g/mol. The predicted octanol–water partition coefficient (Wildman–Crippen LogP) is -0.586. The normalized spacial score (nSPS) is 4.00. The minimum atomic E-state index is 0.995. The topological polar surface area (TPSA) is 28.4 Å². The maximum absolute atomic E-state index is 8.72. The molecule has 0 spiro atoms. The molecule has 2 nitrogen and oxygen atoms in total. The van der Waals surface area contributed by atoms with Crippen LogP contribution in [0.15, 0.2) is 0 Å². The van der Waals surface area contributed by atoms with Crippen LogP contribution in [0.2, 0.25) is 0 Å². The lowest BCUT2D eigenvalue weighted by Gasteiger charge is -1.52. The van der Waals surface area contributed by atoms with Crippen molar-refractivity contribution in [2.45, 2.75) is 0 Å². The number of carbonyl (C=O) groups excluding carboxylic acids is 2. The maximum atomic E-state index is 8.72. The Bertz CT molecular complexity index is 44.0. The van der Waals surface area contributed by atoms with Gasteiger partial charge in [0.1, 0.15) is 4.79 Å². The van der Waals surface area contributed by atoms with Crippen molar-refractivity contribution in [3.05, 3.63) is 0 Å². The van der Waals surface area contributed by atoms with Crippen LogP contribution < -0.4 is 0 Å². The van der Waals surface area contributed by atoms with Crippen LogP contribution in [-0.2, 0) is 21.6 Å². The molecule has 0 N–H and O–H groups in total. The molecule has 0 bridgehead atoms. The Kier molecular flexibility index (Phi) is 2.34. The maximum Gasteiger partial charge on any atom is 0.645 e. The molecule has 0 rings (SSSR count). The highest BCUT2D eigenvalue weighted by Gasteiger charge is 1.43. The van der Waals surface area contributed by atoms with Gasteiger partial charge in [0.25, 0.3) is 0 Å². The first-order valence-corrected chi connectivity index (χ1v) is 0.908. The molecule has 0 heterocycles. The average Bonchev–Trinajstić information content (AvgIpc) is 1.37. The van der Waals surface area contributed by atoms with E-state index in [0.29, 0.717) is 0 Å². The molecule has 4 heavy (non-hydrogen) atoms. The number of rotatable bonds is 0. The largest absolute Gasteiger partial charge is 0.645 e. The Morgan fingerprint density at radius 1 is 2.00 bits per heavy atom. The second-order valence-electron chi connectivity index (χ2n) is 0.167. The summed E-state index contributed by atoms with van der Waals surface area (Å²) >= 11 is 3.63. The Morgan fingerprint density at radius 3 is 2.25 bits per heavy atom. The van der Waals surface area contributed by atoms with Crippen LogP contribution in [0.4, 0.5) is 0 Å². The third-order valence-corrected chi connectivity index (χ3v) is 0.102. The summed E-state index contributed by atoms with van der Waals surface area (Å²) in [6.07, 6.45) is 0.995. The van der Waals surface area contributed by atoms with Crippen LogP contribution in [0.25, 0.3) is 0 Å². The molecule has 0 fully saturated rings. The van der Waals surface area contributed by atoms with E-state index < -0.39 is 0 Å². The van der Waals surface area contributed by atoms with Crippen molar-refractivity contribution < 1.29 is 8.67 Å². The minimum Gasteiger partial charge on any atom is -0.380 e. The summed E-state index contributed by atoms with van der Waals surface area (Å²) in [7, 11) is 0. The molecule has 0 aliphatic carbocycles. The van der Waals surface area contributed by atoms with Gasteiger partial charge in [-0.05, 0) is 0 Å². The van der Waals surface area contributed by atoms with Crippen LogP contribution in [-0.4, -0.2) is 6.15 Å². The van der Waals surface area contributed by atoms with E-state index in [1.165, 1.54) is 0 Å². The first-order valence-electron chi connectivity index (χ1n) is 0.575. The van der Waals surface area contributed by atoms with E-state index in [0.717, 1.165) is 6.15 Å². The van der Waals surface area contributed by atoms with Crippen molar-refractivity contribution in [3.63, 3.8) is 0 Å². The zero-order chi connectivity index (χ0) is 3.41. The molecular formula is CO2S. The van der Waals surface area contributed by atoms with Gasteiger partial charge in [0, 0.05) is 0 Å². The molecule has 0 saturated heterocycles. The lowest BCUT2D eigenvalue weighted by atomic mass is 11.8. The predicted molar refractivity (Wildman–Crippen MR) is 12.4 cm³/mol. The zero-order valence-electron chi connectivity index (χ0n) is 1.72. The van der Waals surface area contributed by atoms with Crippen molar-refractivity contribution in [2.24, 2.45) is 0 Å². The summed E-state index contributed by atoms with van der Waals surface area (Å²) < 4.78 is 3.32. The highest BCUT2D eigenvalue weighted by atomic mass is 32.1. The summed E-state index contributed by atoms with van der Waals surface area (Å²) in [6, 6.07) is 0. The van der Waals surface area contributed by atoms with Crippen LogP contribution in [0.5, 0.6) is 0 Å². The molecule has 22 valence electrons. The van der Waals surface area contributed by atoms with Crippen LogP contribution in [0.1, 0.15) is 0 Å². The van der Waals surface area contributed by atoms with Gasteiger partial charge in [0.2, 0.25) is 0 Å². The van der Waals surface area contributed by atoms with Gasteiger partial charge in [-0.1, -0.05) is 0 Å². The standard InChI is InChI=1S/CO2S/c2-1-3-4. The van der Waals surface area contributed by atoms with Crippen molar-refractivity contribution in [3.8, 4) is 0 Å². The van der Waals surface area contributed by atoms with Gasteiger partial charge < -0.3 is 16.8 Å². The van der Waals surface area contributed by atoms with E-state index in [4.69, 9.17) is 4.79 Å². The van der Waals surface area contributed by atoms with Gasteiger partial charge in [-0.2, -0.15) is 0 Å². The fraction of sp³-hybridized carbons (Fsp3) is 0. The second-order valence-corrected chi connectivity index (χ2v) is 0.333. The first kappa shape index (κ1) is 3.60. The Morgan fingerprint density at radius 2 is 2.25 bits per heavy atom. The second kappa shape index (κ2) is 2.60. The molecule has 0 atom stereocenters. The Hall–Kier alpha value is -0.400. The van der Waals surface area contributed by atoms with Crippen molar-refractivity contribution in [2.75, 3.05) is 0 Å². The van der Waals surface area contributed by atoms with Crippen molar-refractivity contribution in [1.29, 1.82) is 0 Å². The van der Waals surface area contributed by atoms with Crippen molar-refractivity contribution >= 4 is 19.1 Å². The summed E-state index contributed by atoms with van der Waals surface area (Å²) in [5.74, 6) is 0. The highest BCUT2D eigenvalue weighted by molar-refractivity contribution is 7.50. The summed E-state index contributed by atoms with van der Waals surface area (Å²) in [5.41, 5.74) is 0. The molecule has 0 radical (unpaired) electrons. The Labute approximate surface area is 28.7 Å². The average molecular weight is 76.1 g/mol. The minimum absolute atomic E-state index is 0.995. The fourth-order valence-electron chi connectivity index (χ4n) is 0. The van der Waals surface area contributed by atoms with Crippen LogP contribution >= 0.6 is 0 Å². The van der Waals surface area contributed by atoms with E-state index in [-0.39, 0.29) is 0 Å². The lowest BCUT2D eigenvalue weighted by Crippen LogP contribution is -1.46. The molecular weight excluding hydrogens is 76.1 g/mol. The molecule has 0 amide bonds. The quantitative estimate of drug-likeness (QED) is 0.285. The zero-order valence-corrected chi connectivity index (χ0v) is 2.54. The van der Waals surface area contributed by atoms with Gasteiger partial charge in [-0.25, -0.2) is 0 Å². The number of hydrogen-bond donors (Lipinski definition) is 0. The smallest absolute Gasteiger partial charge is 0.380 e. The van der Waals surface area contributed by atoms with Crippen molar-refractivity contribution in [1.82, 2.24) is 0 Å². The molecule has 0 aromatic carbocycles. The SMILES string of the molecule is O=C=[O+][S-]. The summed E-state index contributed by atoms with van der Waals surface area (Å²) in [4.78, 5) is 8.72. The van der Waals surface area contributed by atoms with Crippen LogP contribution in [0.3, 0.4) is 0 Å². The van der Waals surface area contributed by atoms with Gasteiger partial charge in [-0.15, -0.1) is 0 Å². The molecule has 3 heteroatoms. The van der Waals surface area contributed by atoms with E-state index in [9.17, 15) is 0 Å². The fourth-order valence-corrected chi connectivity index (χ4v) is 0. The third-order valence-electron chi connectivity index (χ3n) is 0.0340. The first-order chi connectivity index (χ1) is 1.91. The summed E-state index contributed by atoms with van der Waals surface area (Å²) in [5, 5.41) is 0. The van der Waals surface area contributed by atoms with Gasteiger partial charge in [0.15, 0.2) is 0 Å². The van der Waals surface area contributed by atoms with E-state index in [2.05, 4.69) is 16.8 Å². The summed E-state index contributed by atoms with van der Waals surface area (Å²) in [6.45, 7) is 0. The van der Waals surface area contributed by atoms with Crippen LogP contribution in [0, 0.1) is 0 Å². The Balaban J connectivity index is 3.11. The molecule has 0 aliphatic heterocycles. The third kappa shape index (κ3) is 1.60. The molecule has 0 aromatic rings. The van der Waals surface area contributed by atoms with E-state index >= 15 is 0 Å². The highest BCUT2D eigenvalue weighted by Crippen LogP contribution is 1.17. The molecule has 0 aromatic heterocycles. The van der Waals surface area contributed by atoms with E-state index in [1.54, 1.807) is 0 Å². The lowest BCUT2D eigenvalue weighted by molar-refractivity contribution is -0.274. The van der Waals surface area contributed by atoms with Gasteiger partial charge >= 0.3 is 6.15 Å². The molecule has 0 aliphatic rings. The van der Waals surface area contributed by atoms with Gasteiger partial charge in [-0.3, -0.25) is 0 Å². The van der Waals surface area contributed by atoms with Gasteiger partial charge in [0.05, 0.1) is 0 Å². The molecule has 0 unspecified atom stereocenters. The van der Waals surface area contributed by atoms with E-state index in [1.807, 2.05) is 0 Å².